The molecule has 0 heterocycles. The van der Waals surface area contributed by atoms with Crippen LogP contribution in [0, 0.1) is 0 Å². The summed E-state index contributed by atoms with van der Waals surface area (Å²) in [4.78, 5) is 12.2. The number of halogens is 2. The molecule has 10 heteroatoms. The molecule has 3 aromatic carbocycles. The van der Waals surface area contributed by atoms with Crippen LogP contribution < -0.4 is 20.3 Å². The summed E-state index contributed by atoms with van der Waals surface area (Å²) in [6, 6.07) is 17.2. The first kappa shape index (κ1) is 22.7. The summed E-state index contributed by atoms with van der Waals surface area (Å²) in [6.07, 6.45) is 0. The monoisotopic (exact) mass is 479 g/mol. The lowest BCUT2D eigenvalue weighted by atomic mass is 10.2. The van der Waals surface area contributed by atoms with Crippen molar-refractivity contribution < 1.29 is 17.9 Å². The molecular weight excluding hydrogens is 461 g/mol. The first-order valence-electron chi connectivity index (χ1n) is 9.15. The largest absolute Gasteiger partial charge is 0.494 e. The molecule has 31 heavy (non-hydrogen) atoms. The maximum atomic E-state index is 12.8. The Bertz CT molecular complexity index is 1190. The Balaban J connectivity index is 1.76. The van der Waals surface area contributed by atoms with Crippen molar-refractivity contribution in [3.8, 4) is 5.75 Å². The summed E-state index contributed by atoms with van der Waals surface area (Å²) in [5.41, 5.74) is 6.21. The van der Waals surface area contributed by atoms with Crippen LogP contribution in [0.1, 0.15) is 17.3 Å². The number of benzene rings is 3. The molecule has 0 bridgehead atoms. The minimum atomic E-state index is -4.04. The van der Waals surface area contributed by atoms with Gasteiger partial charge in [0.25, 0.3) is 15.9 Å². The fourth-order valence-corrected chi connectivity index (χ4v) is 4.39. The number of anilines is 2. The zero-order valence-electron chi connectivity index (χ0n) is 16.4. The van der Waals surface area contributed by atoms with Gasteiger partial charge < -0.3 is 4.74 Å². The van der Waals surface area contributed by atoms with Crippen LogP contribution in [0.3, 0.4) is 0 Å². The molecular formula is C21H19Cl2N3O4S. The van der Waals surface area contributed by atoms with E-state index in [1.807, 2.05) is 6.92 Å². The maximum Gasteiger partial charge on any atom is 0.269 e. The van der Waals surface area contributed by atoms with Crippen molar-refractivity contribution in [1.82, 2.24) is 5.43 Å². The van der Waals surface area contributed by atoms with Gasteiger partial charge in [0.15, 0.2) is 0 Å². The summed E-state index contributed by atoms with van der Waals surface area (Å²) in [6.45, 7) is 2.36. The Morgan fingerprint density at radius 1 is 0.968 bits per heavy atom. The van der Waals surface area contributed by atoms with Crippen LogP contribution in [-0.2, 0) is 10.0 Å². The molecule has 0 atom stereocenters. The summed E-state index contributed by atoms with van der Waals surface area (Å²) in [5, 5.41) is 0.484. The smallest absolute Gasteiger partial charge is 0.269 e. The van der Waals surface area contributed by atoms with Crippen molar-refractivity contribution in [3.63, 3.8) is 0 Å². The highest BCUT2D eigenvalue weighted by atomic mass is 35.5. The fourth-order valence-electron chi connectivity index (χ4n) is 2.61. The molecule has 0 aliphatic heterocycles. The lowest BCUT2D eigenvalue weighted by Gasteiger charge is -2.13. The van der Waals surface area contributed by atoms with E-state index in [2.05, 4.69) is 15.6 Å². The Labute approximate surface area is 190 Å². The first-order chi connectivity index (χ1) is 14.8. The molecule has 3 aromatic rings. The van der Waals surface area contributed by atoms with Gasteiger partial charge in [-0.15, -0.1) is 0 Å². The average molecular weight is 480 g/mol. The Morgan fingerprint density at radius 3 is 2.39 bits per heavy atom. The van der Waals surface area contributed by atoms with Crippen molar-refractivity contribution in [2.24, 2.45) is 0 Å². The van der Waals surface area contributed by atoms with Crippen LogP contribution >= 0.6 is 23.2 Å². The second-order valence-electron chi connectivity index (χ2n) is 6.30. The minimum absolute atomic E-state index is 0.0159. The Kier molecular flexibility index (Phi) is 7.27. The molecule has 0 spiro atoms. The number of hydrogen-bond donors (Lipinski definition) is 3. The van der Waals surface area contributed by atoms with Crippen molar-refractivity contribution in [2.45, 2.75) is 11.8 Å². The first-order valence-corrected chi connectivity index (χ1v) is 11.4. The van der Waals surface area contributed by atoms with E-state index in [0.717, 1.165) is 0 Å². The molecule has 0 fully saturated rings. The van der Waals surface area contributed by atoms with E-state index in [1.54, 1.807) is 48.5 Å². The van der Waals surface area contributed by atoms with E-state index >= 15 is 0 Å². The molecule has 0 aliphatic rings. The third kappa shape index (κ3) is 6.04. The number of rotatable bonds is 8. The SMILES string of the molecule is CCOc1ccc(NS(=O)(=O)c2cc(C(=O)NNc3cccc(Cl)c3)ccc2Cl)cc1. The lowest BCUT2D eigenvalue weighted by Crippen LogP contribution is -2.29. The van der Waals surface area contributed by atoms with Crippen LogP contribution in [0.2, 0.25) is 10.0 Å². The van der Waals surface area contributed by atoms with E-state index in [1.165, 1.54) is 18.2 Å². The number of carbonyl (C=O) groups is 1. The van der Waals surface area contributed by atoms with Crippen LogP contribution in [0.25, 0.3) is 0 Å². The van der Waals surface area contributed by atoms with Crippen LogP contribution in [-0.4, -0.2) is 20.9 Å². The number of hydrogen-bond acceptors (Lipinski definition) is 5. The van der Waals surface area contributed by atoms with Crippen molar-refractivity contribution in [2.75, 3.05) is 16.8 Å². The molecule has 1 amide bonds. The highest BCUT2D eigenvalue weighted by molar-refractivity contribution is 7.92. The quantitative estimate of drug-likeness (QED) is 0.397. The topological polar surface area (TPSA) is 96.5 Å². The average Bonchev–Trinajstić information content (AvgIpc) is 2.73. The second-order valence-corrected chi connectivity index (χ2v) is 8.79. The summed E-state index contributed by atoms with van der Waals surface area (Å²) >= 11 is 12.0. The van der Waals surface area contributed by atoms with E-state index in [-0.39, 0.29) is 15.5 Å². The van der Waals surface area contributed by atoms with Gasteiger partial charge in [-0.3, -0.25) is 20.4 Å². The molecule has 0 saturated carbocycles. The van der Waals surface area contributed by atoms with Crippen LogP contribution in [0.5, 0.6) is 5.75 Å². The molecule has 0 saturated heterocycles. The molecule has 0 radical (unpaired) electrons. The third-order valence-electron chi connectivity index (χ3n) is 4.05. The molecule has 162 valence electrons. The van der Waals surface area contributed by atoms with Crippen LogP contribution in [0.15, 0.2) is 71.6 Å². The van der Waals surface area contributed by atoms with E-state index in [9.17, 15) is 13.2 Å². The number of ether oxygens (including phenoxy) is 1. The maximum absolute atomic E-state index is 12.8. The van der Waals surface area contributed by atoms with Crippen molar-refractivity contribution in [3.05, 3.63) is 82.3 Å². The Hall–Kier alpha value is -2.94. The van der Waals surface area contributed by atoms with Gasteiger partial charge in [-0.2, -0.15) is 0 Å². The molecule has 0 aromatic heterocycles. The number of nitrogens with one attached hydrogen (secondary N) is 3. The molecule has 0 aliphatic carbocycles. The van der Waals surface area contributed by atoms with E-state index in [4.69, 9.17) is 27.9 Å². The number of amides is 1. The standard InChI is InChI=1S/C21H19Cl2N3O4S/c1-2-30-18-9-7-16(8-10-18)26-31(28,29)20-12-14(6-11-19(20)23)21(27)25-24-17-5-3-4-15(22)13-17/h3-13,24,26H,2H2,1H3,(H,25,27). The number of sulfonamides is 1. The zero-order chi connectivity index (χ0) is 22.4. The summed E-state index contributed by atoms with van der Waals surface area (Å²) in [7, 11) is -4.04. The van der Waals surface area contributed by atoms with E-state index in [0.29, 0.717) is 28.8 Å². The molecule has 3 rings (SSSR count). The van der Waals surface area contributed by atoms with E-state index < -0.39 is 15.9 Å². The minimum Gasteiger partial charge on any atom is -0.494 e. The molecule has 7 nitrogen and oxygen atoms in total. The van der Waals surface area contributed by atoms with Gasteiger partial charge in [0.1, 0.15) is 10.6 Å². The predicted molar refractivity (Wildman–Crippen MR) is 122 cm³/mol. The third-order valence-corrected chi connectivity index (χ3v) is 6.14. The number of carbonyl (C=O) groups excluding carboxylic acids is 1. The molecule has 0 unspecified atom stereocenters. The van der Waals surface area contributed by atoms with Gasteiger partial charge in [-0.25, -0.2) is 8.42 Å². The number of hydrazine groups is 1. The van der Waals surface area contributed by atoms with Crippen molar-refractivity contribution >= 4 is 50.5 Å². The summed E-state index contributed by atoms with van der Waals surface area (Å²) < 4.78 is 33.5. The van der Waals surface area contributed by atoms with Gasteiger partial charge >= 0.3 is 0 Å². The van der Waals surface area contributed by atoms with Gasteiger partial charge in [-0.05, 0) is 67.6 Å². The lowest BCUT2D eigenvalue weighted by molar-refractivity contribution is 0.0962. The van der Waals surface area contributed by atoms with Gasteiger partial charge in [-0.1, -0.05) is 29.3 Å². The predicted octanol–water partition coefficient (Wildman–Crippen LogP) is 4.95. The second kappa shape index (κ2) is 9.91. The normalized spacial score (nSPS) is 10.9. The van der Waals surface area contributed by atoms with Gasteiger partial charge in [0, 0.05) is 16.3 Å². The van der Waals surface area contributed by atoms with Crippen LogP contribution in [0.4, 0.5) is 11.4 Å². The molecule has 3 N–H and O–H groups in total. The summed E-state index contributed by atoms with van der Waals surface area (Å²) in [5.74, 6) is 0.0727. The van der Waals surface area contributed by atoms with Crippen molar-refractivity contribution in [1.29, 1.82) is 0 Å². The Morgan fingerprint density at radius 2 is 1.71 bits per heavy atom. The van der Waals surface area contributed by atoms with Gasteiger partial charge in [0.05, 0.1) is 17.3 Å². The fraction of sp³-hybridized carbons (Fsp3) is 0.0952. The zero-order valence-corrected chi connectivity index (χ0v) is 18.7. The van der Waals surface area contributed by atoms with Gasteiger partial charge in [0.2, 0.25) is 0 Å². The highest BCUT2D eigenvalue weighted by Crippen LogP contribution is 2.26. The highest BCUT2D eigenvalue weighted by Gasteiger charge is 2.20.